The minimum absolute atomic E-state index is 0.0639. The molecule has 24 heavy (non-hydrogen) atoms. The SMILES string of the molecule is CC(C)Oc1cccnc1NC(=O)COc1cccc([N+](=O)[O-])c1. The van der Waals surface area contributed by atoms with Crippen LogP contribution in [0.4, 0.5) is 11.5 Å². The number of pyridine rings is 1. The van der Waals surface area contributed by atoms with Gasteiger partial charge in [0, 0.05) is 12.3 Å². The van der Waals surface area contributed by atoms with E-state index < -0.39 is 10.8 Å². The normalized spacial score (nSPS) is 10.3. The molecule has 8 heteroatoms. The highest BCUT2D eigenvalue weighted by Crippen LogP contribution is 2.22. The van der Waals surface area contributed by atoms with Gasteiger partial charge in [-0.3, -0.25) is 14.9 Å². The first-order chi connectivity index (χ1) is 11.5. The third kappa shape index (κ3) is 4.94. The van der Waals surface area contributed by atoms with E-state index in [-0.39, 0.29) is 24.1 Å². The van der Waals surface area contributed by atoms with Crippen LogP contribution in [0.5, 0.6) is 11.5 Å². The molecule has 1 amide bonds. The van der Waals surface area contributed by atoms with Gasteiger partial charge in [-0.15, -0.1) is 0 Å². The van der Waals surface area contributed by atoms with E-state index in [0.717, 1.165) is 0 Å². The molecule has 0 aliphatic rings. The number of anilines is 1. The predicted molar refractivity (Wildman–Crippen MR) is 87.2 cm³/mol. The number of aromatic nitrogens is 1. The summed E-state index contributed by atoms with van der Waals surface area (Å²) in [5, 5.41) is 13.3. The average Bonchev–Trinajstić information content (AvgIpc) is 2.54. The van der Waals surface area contributed by atoms with Crippen LogP contribution in [-0.4, -0.2) is 28.5 Å². The largest absolute Gasteiger partial charge is 0.487 e. The molecule has 1 aromatic carbocycles. The molecule has 0 saturated heterocycles. The van der Waals surface area contributed by atoms with Crippen LogP contribution < -0.4 is 14.8 Å². The molecule has 1 aromatic heterocycles. The van der Waals surface area contributed by atoms with Crippen molar-refractivity contribution >= 4 is 17.4 Å². The topological polar surface area (TPSA) is 104 Å². The summed E-state index contributed by atoms with van der Waals surface area (Å²) in [6, 6.07) is 9.02. The molecule has 8 nitrogen and oxygen atoms in total. The third-order valence-electron chi connectivity index (χ3n) is 2.79. The van der Waals surface area contributed by atoms with E-state index in [2.05, 4.69) is 10.3 Å². The summed E-state index contributed by atoms with van der Waals surface area (Å²) in [4.78, 5) is 26.2. The Kier molecular flexibility index (Phi) is 5.67. The minimum Gasteiger partial charge on any atom is -0.487 e. The van der Waals surface area contributed by atoms with Crippen LogP contribution >= 0.6 is 0 Å². The maximum absolute atomic E-state index is 12.0. The number of carbonyl (C=O) groups excluding carboxylic acids is 1. The fourth-order valence-electron chi connectivity index (χ4n) is 1.84. The molecular formula is C16H17N3O5. The number of nitrogens with zero attached hydrogens (tertiary/aromatic N) is 2. The molecule has 0 unspecified atom stereocenters. The highest BCUT2D eigenvalue weighted by molar-refractivity contribution is 5.92. The summed E-state index contributed by atoms with van der Waals surface area (Å²) >= 11 is 0. The number of hydrogen-bond donors (Lipinski definition) is 1. The van der Waals surface area contributed by atoms with E-state index in [9.17, 15) is 14.9 Å². The molecule has 126 valence electrons. The number of rotatable bonds is 7. The Morgan fingerprint density at radius 3 is 2.83 bits per heavy atom. The van der Waals surface area contributed by atoms with E-state index in [1.165, 1.54) is 30.5 Å². The molecule has 0 saturated carbocycles. The number of non-ortho nitro benzene ring substituents is 1. The maximum Gasteiger partial charge on any atom is 0.273 e. The summed E-state index contributed by atoms with van der Waals surface area (Å²) < 4.78 is 10.8. The minimum atomic E-state index is -0.531. The Morgan fingerprint density at radius 1 is 1.33 bits per heavy atom. The smallest absolute Gasteiger partial charge is 0.273 e. The molecular weight excluding hydrogens is 314 g/mol. The van der Waals surface area contributed by atoms with Gasteiger partial charge in [-0.25, -0.2) is 4.98 Å². The van der Waals surface area contributed by atoms with Crippen LogP contribution in [0, 0.1) is 10.1 Å². The fourth-order valence-corrected chi connectivity index (χ4v) is 1.84. The highest BCUT2D eigenvalue weighted by Gasteiger charge is 2.12. The van der Waals surface area contributed by atoms with Crippen molar-refractivity contribution in [3.8, 4) is 11.5 Å². The van der Waals surface area contributed by atoms with Crippen molar-refractivity contribution in [2.45, 2.75) is 20.0 Å². The Balaban J connectivity index is 1.97. The third-order valence-corrected chi connectivity index (χ3v) is 2.79. The van der Waals surface area contributed by atoms with Crippen LogP contribution in [-0.2, 0) is 4.79 Å². The lowest BCUT2D eigenvalue weighted by Gasteiger charge is -2.13. The van der Waals surface area contributed by atoms with E-state index in [0.29, 0.717) is 11.6 Å². The predicted octanol–water partition coefficient (Wildman–Crippen LogP) is 2.79. The molecule has 1 N–H and O–H groups in total. The standard InChI is InChI=1S/C16H17N3O5/c1-11(2)24-14-7-4-8-17-16(14)18-15(20)10-23-13-6-3-5-12(9-13)19(21)22/h3-9,11H,10H2,1-2H3,(H,17,18,20). The second kappa shape index (κ2) is 7.91. The summed E-state index contributed by atoms with van der Waals surface area (Å²) in [5.41, 5.74) is -0.106. The van der Waals surface area contributed by atoms with E-state index in [1.54, 1.807) is 12.1 Å². The van der Waals surface area contributed by atoms with Crippen LogP contribution in [0.25, 0.3) is 0 Å². The summed E-state index contributed by atoms with van der Waals surface area (Å²) in [6.45, 7) is 3.42. The van der Waals surface area contributed by atoms with Gasteiger partial charge in [0.25, 0.3) is 11.6 Å². The molecule has 0 fully saturated rings. The monoisotopic (exact) mass is 331 g/mol. The first kappa shape index (κ1) is 17.2. The molecule has 2 aromatic rings. The molecule has 0 spiro atoms. The summed E-state index contributed by atoms with van der Waals surface area (Å²) in [5.74, 6) is 0.530. The highest BCUT2D eigenvalue weighted by atomic mass is 16.6. The van der Waals surface area contributed by atoms with Crippen molar-refractivity contribution in [2.75, 3.05) is 11.9 Å². The summed E-state index contributed by atoms with van der Waals surface area (Å²) in [6.07, 6.45) is 1.47. The Bertz CT molecular complexity index is 733. The van der Waals surface area contributed by atoms with Gasteiger partial charge < -0.3 is 14.8 Å². The average molecular weight is 331 g/mol. The lowest BCUT2D eigenvalue weighted by atomic mass is 10.3. The van der Waals surface area contributed by atoms with Crippen molar-refractivity contribution in [3.63, 3.8) is 0 Å². The lowest BCUT2D eigenvalue weighted by molar-refractivity contribution is -0.384. The number of ether oxygens (including phenoxy) is 2. The molecule has 0 bridgehead atoms. The second-order valence-corrected chi connectivity index (χ2v) is 5.11. The Labute approximate surface area is 138 Å². The van der Waals surface area contributed by atoms with Crippen LogP contribution in [0.15, 0.2) is 42.6 Å². The number of carbonyl (C=O) groups is 1. The second-order valence-electron chi connectivity index (χ2n) is 5.11. The number of amides is 1. The van der Waals surface area contributed by atoms with Gasteiger partial charge in [0.05, 0.1) is 17.1 Å². The maximum atomic E-state index is 12.0. The molecule has 2 rings (SSSR count). The molecule has 0 radical (unpaired) electrons. The zero-order valence-electron chi connectivity index (χ0n) is 13.3. The van der Waals surface area contributed by atoms with Crippen LogP contribution in [0.3, 0.4) is 0 Å². The van der Waals surface area contributed by atoms with Crippen molar-refractivity contribution in [2.24, 2.45) is 0 Å². The molecule has 1 heterocycles. The Hall–Kier alpha value is -3.16. The van der Waals surface area contributed by atoms with Gasteiger partial charge >= 0.3 is 0 Å². The van der Waals surface area contributed by atoms with Gasteiger partial charge in [-0.05, 0) is 32.0 Å². The molecule has 0 aliphatic carbocycles. The van der Waals surface area contributed by atoms with Crippen LogP contribution in [0.1, 0.15) is 13.8 Å². The first-order valence-electron chi connectivity index (χ1n) is 7.24. The van der Waals surface area contributed by atoms with Gasteiger partial charge in [-0.2, -0.15) is 0 Å². The molecule has 0 atom stereocenters. The quantitative estimate of drug-likeness (QED) is 0.618. The van der Waals surface area contributed by atoms with Gasteiger partial charge in [0.2, 0.25) is 0 Å². The number of nitrogens with one attached hydrogen (secondary N) is 1. The number of nitro benzene ring substituents is 1. The first-order valence-corrected chi connectivity index (χ1v) is 7.24. The van der Waals surface area contributed by atoms with E-state index in [1.807, 2.05) is 13.8 Å². The number of benzene rings is 1. The lowest BCUT2D eigenvalue weighted by Crippen LogP contribution is -2.21. The van der Waals surface area contributed by atoms with Crippen LogP contribution in [0.2, 0.25) is 0 Å². The van der Waals surface area contributed by atoms with E-state index in [4.69, 9.17) is 9.47 Å². The van der Waals surface area contributed by atoms with E-state index >= 15 is 0 Å². The van der Waals surface area contributed by atoms with Crippen molar-refractivity contribution in [1.82, 2.24) is 4.98 Å². The number of hydrogen-bond acceptors (Lipinski definition) is 6. The molecule has 0 aliphatic heterocycles. The fraction of sp³-hybridized carbons (Fsp3) is 0.250. The number of nitro groups is 1. The van der Waals surface area contributed by atoms with Crippen molar-refractivity contribution < 1.29 is 19.2 Å². The van der Waals surface area contributed by atoms with Crippen molar-refractivity contribution in [1.29, 1.82) is 0 Å². The Morgan fingerprint density at radius 2 is 2.12 bits per heavy atom. The van der Waals surface area contributed by atoms with Gasteiger partial charge in [0.1, 0.15) is 5.75 Å². The van der Waals surface area contributed by atoms with Gasteiger partial charge in [-0.1, -0.05) is 6.07 Å². The zero-order valence-corrected chi connectivity index (χ0v) is 13.3. The van der Waals surface area contributed by atoms with Crippen molar-refractivity contribution in [3.05, 3.63) is 52.7 Å². The summed E-state index contributed by atoms with van der Waals surface area (Å²) in [7, 11) is 0. The van der Waals surface area contributed by atoms with Gasteiger partial charge in [0.15, 0.2) is 18.2 Å². The zero-order chi connectivity index (χ0) is 17.5.